The Morgan fingerprint density at radius 1 is 0.821 bits per heavy atom. The molecule has 0 unspecified atom stereocenters. The van der Waals surface area contributed by atoms with Crippen LogP contribution in [-0.4, -0.2) is 19.0 Å². The maximum absolute atomic E-state index is 13.2. The lowest BCUT2D eigenvalue weighted by atomic mass is 10.1. The molecule has 7 heteroatoms. The van der Waals surface area contributed by atoms with Crippen LogP contribution < -0.4 is 14.2 Å². The van der Waals surface area contributed by atoms with Crippen LogP contribution in [0.4, 0.5) is 4.39 Å². The van der Waals surface area contributed by atoms with Crippen molar-refractivity contribution in [2.45, 2.75) is 0 Å². The fourth-order valence-corrected chi connectivity index (χ4v) is 2.79. The Morgan fingerprint density at radius 3 is 1.96 bits per heavy atom. The van der Waals surface area contributed by atoms with Gasteiger partial charge in [0, 0.05) is 0 Å². The number of ether oxygens (including phenoxy) is 3. The second kappa shape index (κ2) is 8.67. The molecule has 0 atom stereocenters. The lowest BCUT2D eigenvalue weighted by Gasteiger charge is -2.10. The van der Waals surface area contributed by atoms with E-state index in [1.165, 1.54) is 31.4 Å². The predicted octanol–water partition coefficient (Wildman–Crippen LogP) is 5.04. The number of halogens is 2. The van der Waals surface area contributed by atoms with Gasteiger partial charge in [-0.25, -0.2) is 14.0 Å². The quantitative estimate of drug-likeness (QED) is 0.407. The molecule has 0 aromatic heterocycles. The first kappa shape index (κ1) is 19.6. The summed E-state index contributed by atoms with van der Waals surface area (Å²) in [6.07, 6.45) is 0. The predicted molar refractivity (Wildman–Crippen MR) is 103 cm³/mol. The summed E-state index contributed by atoms with van der Waals surface area (Å²) in [4.78, 5) is 25.1. The molecule has 0 aliphatic heterocycles. The average molecular weight is 445 g/mol. The van der Waals surface area contributed by atoms with E-state index in [4.69, 9.17) is 14.2 Å². The van der Waals surface area contributed by atoms with E-state index in [2.05, 4.69) is 15.9 Å². The second-order valence-electron chi connectivity index (χ2n) is 5.57. The van der Waals surface area contributed by atoms with E-state index >= 15 is 0 Å². The van der Waals surface area contributed by atoms with Crippen LogP contribution in [0.2, 0.25) is 0 Å². The lowest BCUT2D eigenvalue weighted by Crippen LogP contribution is -2.17. The Bertz CT molecular complexity index is 1020. The van der Waals surface area contributed by atoms with Gasteiger partial charge in [-0.2, -0.15) is 0 Å². The van der Waals surface area contributed by atoms with Gasteiger partial charge in [-0.15, -0.1) is 0 Å². The summed E-state index contributed by atoms with van der Waals surface area (Å²) < 4.78 is 29.1. The molecule has 0 heterocycles. The standard InChI is InChI=1S/C21H14BrFO5/c1-26-14-7-9-15(10-8-14)27-20(24)16-4-2-3-5-17(16)21(25)28-19-11-6-13(23)12-18(19)22/h2-12H,1H3. The Hall–Kier alpha value is -3.19. The van der Waals surface area contributed by atoms with Gasteiger partial charge in [0.05, 0.1) is 22.7 Å². The van der Waals surface area contributed by atoms with Gasteiger partial charge in [0.1, 0.15) is 23.1 Å². The molecule has 0 saturated heterocycles. The highest BCUT2D eigenvalue weighted by Gasteiger charge is 2.21. The summed E-state index contributed by atoms with van der Waals surface area (Å²) in [6.45, 7) is 0. The molecule has 5 nitrogen and oxygen atoms in total. The van der Waals surface area contributed by atoms with E-state index < -0.39 is 17.8 Å². The second-order valence-corrected chi connectivity index (χ2v) is 6.43. The smallest absolute Gasteiger partial charge is 0.344 e. The minimum absolute atomic E-state index is 0.0252. The zero-order valence-electron chi connectivity index (χ0n) is 14.6. The van der Waals surface area contributed by atoms with Gasteiger partial charge in [0.25, 0.3) is 0 Å². The first-order valence-electron chi connectivity index (χ1n) is 8.10. The van der Waals surface area contributed by atoms with Crippen molar-refractivity contribution in [1.82, 2.24) is 0 Å². The Morgan fingerprint density at radius 2 is 1.39 bits per heavy atom. The van der Waals surface area contributed by atoms with Crippen molar-refractivity contribution in [3.05, 3.63) is 88.1 Å². The number of hydrogen-bond donors (Lipinski definition) is 0. The highest BCUT2D eigenvalue weighted by Crippen LogP contribution is 2.27. The number of benzene rings is 3. The summed E-state index contributed by atoms with van der Waals surface area (Å²) in [5.41, 5.74) is 0.0683. The van der Waals surface area contributed by atoms with Crippen molar-refractivity contribution >= 4 is 27.9 Å². The summed E-state index contributed by atoms with van der Waals surface area (Å²) >= 11 is 3.13. The summed E-state index contributed by atoms with van der Waals surface area (Å²) in [6, 6.07) is 16.2. The first-order chi connectivity index (χ1) is 13.5. The summed E-state index contributed by atoms with van der Waals surface area (Å²) in [5.74, 6) is -0.908. The molecule has 0 fully saturated rings. The Balaban J connectivity index is 1.81. The maximum Gasteiger partial charge on any atom is 0.344 e. The van der Waals surface area contributed by atoms with E-state index in [0.717, 1.165) is 6.07 Å². The molecule has 0 spiro atoms. The van der Waals surface area contributed by atoms with Gasteiger partial charge in [0.2, 0.25) is 0 Å². The maximum atomic E-state index is 13.2. The van der Waals surface area contributed by atoms with Gasteiger partial charge in [-0.05, 0) is 70.5 Å². The number of hydrogen-bond acceptors (Lipinski definition) is 5. The van der Waals surface area contributed by atoms with Crippen molar-refractivity contribution in [3.63, 3.8) is 0 Å². The third-order valence-electron chi connectivity index (χ3n) is 3.73. The zero-order valence-corrected chi connectivity index (χ0v) is 16.2. The number of esters is 2. The van der Waals surface area contributed by atoms with Gasteiger partial charge in [-0.1, -0.05) is 12.1 Å². The molecular weight excluding hydrogens is 431 g/mol. The number of carbonyl (C=O) groups excluding carboxylic acids is 2. The molecule has 0 N–H and O–H groups in total. The fourth-order valence-electron chi connectivity index (χ4n) is 2.36. The molecule has 0 bridgehead atoms. The molecule has 3 rings (SSSR count). The van der Waals surface area contributed by atoms with Crippen molar-refractivity contribution < 1.29 is 28.2 Å². The highest BCUT2D eigenvalue weighted by atomic mass is 79.9. The first-order valence-corrected chi connectivity index (χ1v) is 8.89. The van der Waals surface area contributed by atoms with Crippen molar-refractivity contribution in [2.75, 3.05) is 7.11 Å². The molecule has 142 valence electrons. The number of carbonyl (C=O) groups is 2. The summed E-state index contributed by atoms with van der Waals surface area (Å²) in [7, 11) is 1.53. The van der Waals surface area contributed by atoms with Gasteiger partial charge in [-0.3, -0.25) is 0 Å². The van der Waals surface area contributed by atoms with E-state index in [-0.39, 0.29) is 21.3 Å². The van der Waals surface area contributed by atoms with Crippen molar-refractivity contribution in [1.29, 1.82) is 0 Å². The van der Waals surface area contributed by atoms with Crippen LogP contribution in [0.25, 0.3) is 0 Å². The van der Waals surface area contributed by atoms with E-state index in [1.807, 2.05) is 0 Å². The van der Waals surface area contributed by atoms with E-state index in [1.54, 1.807) is 36.4 Å². The molecule has 0 saturated carbocycles. The minimum Gasteiger partial charge on any atom is -0.497 e. The number of methoxy groups -OCH3 is 1. The third kappa shape index (κ3) is 4.55. The van der Waals surface area contributed by atoms with Crippen LogP contribution in [0.15, 0.2) is 71.2 Å². The van der Waals surface area contributed by atoms with Crippen LogP contribution >= 0.6 is 15.9 Å². The minimum atomic E-state index is -0.769. The van der Waals surface area contributed by atoms with Gasteiger partial charge >= 0.3 is 11.9 Å². The topological polar surface area (TPSA) is 61.8 Å². The van der Waals surface area contributed by atoms with Crippen LogP contribution in [0.3, 0.4) is 0 Å². The van der Waals surface area contributed by atoms with Gasteiger partial charge in [0.15, 0.2) is 0 Å². The highest BCUT2D eigenvalue weighted by molar-refractivity contribution is 9.10. The van der Waals surface area contributed by atoms with Crippen molar-refractivity contribution in [2.24, 2.45) is 0 Å². The normalized spacial score (nSPS) is 10.2. The molecule has 3 aromatic rings. The molecule has 0 radical (unpaired) electrons. The molecule has 28 heavy (non-hydrogen) atoms. The van der Waals surface area contributed by atoms with Crippen molar-refractivity contribution in [3.8, 4) is 17.2 Å². The van der Waals surface area contributed by atoms with E-state index in [9.17, 15) is 14.0 Å². The Labute approximate surface area is 168 Å². The fraction of sp³-hybridized carbons (Fsp3) is 0.0476. The molecule has 0 aliphatic rings. The van der Waals surface area contributed by atoms with E-state index in [0.29, 0.717) is 11.5 Å². The largest absolute Gasteiger partial charge is 0.497 e. The molecule has 3 aromatic carbocycles. The SMILES string of the molecule is COc1ccc(OC(=O)c2ccccc2C(=O)Oc2ccc(F)cc2Br)cc1. The van der Waals surface area contributed by atoms with Gasteiger partial charge < -0.3 is 14.2 Å². The average Bonchev–Trinajstić information content (AvgIpc) is 2.70. The third-order valence-corrected chi connectivity index (χ3v) is 4.35. The van der Waals surface area contributed by atoms with Crippen LogP contribution in [0, 0.1) is 5.82 Å². The zero-order chi connectivity index (χ0) is 20.1. The molecular formula is C21H14BrFO5. The molecule has 0 aliphatic carbocycles. The van der Waals surface area contributed by atoms with Crippen LogP contribution in [0.5, 0.6) is 17.2 Å². The summed E-state index contributed by atoms with van der Waals surface area (Å²) in [5, 5.41) is 0. The lowest BCUT2D eigenvalue weighted by molar-refractivity contribution is 0.0691. The number of rotatable bonds is 5. The van der Waals surface area contributed by atoms with Crippen LogP contribution in [-0.2, 0) is 0 Å². The Kier molecular flexibility index (Phi) is 6.06. The monoisotopic (exact) mass is 444 g/mol. The van der Waals surface area contributed by atoms with Crippen LogP contribution in [0.1, 0.15) is 20.7 Å². The molecule has 0 amide bonds.